The molecule has 5 aromatic rings. The van der Waals surface area contributed by atoms with Gasteiger partial charge in [0.1, 0.15) is 28.6 Å². The van der Waals surface area contributed by atoms with E-state index in [4.69, 9.17) is 25.8 Å². The summed E-state index contributed by atoms with van der Waals surface area (Å²) in [5, 5.41) is -0.183. The van der Waals surface area contributed by atoms with Crippen LogP contribution in [0.1, 0.15) is 18.2 Å². The van der Waals surface area contributed by atoms with Gasteiger partial charge in [-0.2, -0.15) is 0 Å². The van der Waals surface area contributed by atoms with Crippen LogP contribution in [-0.4, -0.2) is 58.7 Å². The highest BCUT2D eigenvalue weighted by Gasteiger charge is 2.26. The molecule has 1 aromatic carbocycles. The summed E-state index contributed by atoms with van der Waals surface area (Å²) >= 11 is 6.42. The normalized spacial score (nSPS) is 11.4. The van der Waals surface area contributed by atoms with Crippen LogP contribution in [0.4, 0.5) is 5.82 Å². The van der Waals surface area contributed by atoms with Crippen LogP contribution >= 0.6 is 11.6 Å². The lowest BCUT2D eigenvalue weighted by atomic mass is 10.2. The molecule has 0 aliphatic heterocycles. The second-order valence-electron chi connectivity index (χ2n) is 8.77. The first-order chi connectivity index (χ1) is 19.7. The third-order valence-electron chi connectivity index (χ3n) is 5.89. The van der Waals surface area contributed by atoms with Gasteiger partial charge in [0.05, 0.1) is 26.5 Å². The molecule has 0 unspecified atom stereocenters. The molecule has 1 N–H and O–H groups in total. The summed E-state index contributed by atoms with van der Waals surface area (Å²) in [7, 11) is -0.919. The molecule has 5 rings (SSSR count). The Morgan fingerprint density at radius 2 is 1.68 bits per heavy atom. The average molecular weight is 596 g/mol. The predicted octanol–water partition coefficient (Wildman–Crippen LogP) is 4.59. The number of aromatic nitrogens is 6. The number of methoxy groups -OCH3 is 2. The van der Waals surface area contributed by atoms with Gasteiger partial charge in [0.2, 0.25) is 15.9 Å². The lowest BCUT2D eigenvalue weighted by molar-refractivity contribution is 0.327. The number of pyridine rings is 2. The Hall–Kier alpha value is -4.49. The maximum Gasteiger partial charge on any atom is 0.239 e. The number of rotatable bonds is 10. The van der Waals surface area contributed by atoms with Crippen molar-refractivity contribution in [3.8, 4) is 34.6 Å². The number of benzene rings is 1. The van der Waals surface area contributed by atoms with E-state index in [1.54, 1.807) is 59.3 Å². The standard InChI is InChI=1S/C27H26ClN7O5S/c1-5-40-21-11-6-8-18(30-21)26-33-25-27(35(26)22-19(38-3)9-7-10-20(22)39-4)32-24(23(28)31-25)34-41(36,37)15-17-13-12-16(2)14-29-17/h6-14H,5,15H2,1-4H3,(H,32,34). The highest BCUT2D eigenvalue weighted by atomic mass is 35.5. The second-order valence-corrected chi connectivity index (χ2v) is 10.9. The van der Waals surface area contributed by atoms with E-state index in [0.717, 1.165) is 5.56 Å². The van der Waals surface area contributed by atoms with Crippen molar-refractivity contribution in [3.63, 3.8) is 0 Å². The van der Waals surface area contributed by atoms with Crippen LogP contribution in [0.3, 0.4) is 0 Å². The summed E-state index contributed by atoms with van der Waals surface area (Å²) in [6.07, 6.45) is 1.60. The predicted molar refractivity (Wildman–Crippen MR) is 154 cm³/mol. The van der Waals surface area contributed by atoms with Gasteiger partial charge in [-0.1, -0.05) is 29.8 Å². The van der Waals surface area contributed by atoms with Crippen LogP contribution in [0.25, 0.3) is 28.5 Å². The molecule has 0 aliphatic carbocycles. The Morgan fingerprint density at radius 3 is 2.34 bits per heavy atom. The number of halogens is 1. The summed E-state index contributed by atoms with van der Waals surface area (Å²) in [6, 6.07) is 14.0. The molecule has 212 valence electrons. The first-order valence-electron chi connectivity index (χ1n) is 12.4. The topological polar surface area (TPSA) is 143 Å². The summed E-state index contributed by atoms with van der Waals surface area (Å²) in [4.78, 5) is 22.4. The van der Waals surface area contributed by atoms with Gasteiger partial charge < -0.3 is 14.2 Å². The SMILES string of the molecule is CCOc1cccc(-c2nc3nc(Cl)c(NS(=O)(=O)Cc4ccc(C)cn4)nc3n2-c2c(OC)cccc2OC)n1. The van der Waals surface area contributed by atoms with Crippen molar-refractivity contribution in [1.82, 2.24) is 29.5 Å². The van der Waals surface area contributed by atoms with Crippen molar-refractivity contribution in [3.05, 3.63) is 71.1 Å². The highest BCUT2D eigenvalue weighted by Crippen LogP contribution is 2.38. The fourth-order valence-electron chi connectivity index (χ4n) is 4.10. The minimum atomic E-state index is -3.96. The first kappa shape index (κ1) is 28.1. The maximum absolute atomic E-state index is 13.1. The van der Waals surface area contributed by atoms with Gasteiger partial charge in [0, 0.05) is 12.3 Å². The molecule has 0 aliphatic rings. The van der Waals surface area contributed by atoms with Crippen molar-refractivity contribution < 1.29 is 22.6 Å². The molecular formula is C27H26ClN7O5S. The largest absolute Gasteiger partial charge is 0.494 e. The molecule has 41 heavy (non-hydrogen) atoms. The number of para-hydroxylation sites is 1. The number of aryl methyl sites for hydroxylation is 1. The Kier molecular flexibility index (Phi) is 7.90. The third-order valence-corrected chi connectivity index (χ3v) is 7.33. The zero-order valence-corrected chi connectivity index (χ0v) is 24.2. The molecular weight excluding hydrogens is 570 g/mol. The van der Waals surface area contributed by atoms with Crippen molar-refractivity contribution in [2.45, 2.75) is 19.6 Å². The van der Waals surface area contributed by atoms with E-state index in [-0.39, 0.29) is 28.0 Å². The maximum atomic E-state index is 13.1. The van der Waals surface area contributed by atoms with Crippen LogP contribution in [0.5, 0.6) is 17.4 Å². The molecule has 0 bridgehead atoms. The van der Waals surface area contributed by atoms with Gasteiger partial charge in [-0.15, -0.1) is 0 Å². The molecule has 0 saturated carbocycles. The Labute approximate surface area is 241 Å². The molecule has 0 fully saturated rings. The number of imidazole rings is 1. The number of hydrogen-bond donors (Lipinski definition) is 1. The van der Waals surface area contributed by atoms with Crippen molar-refractivity contribution in [2.24, 2.45) is 0 Å². The molecule has 0 radical (unpaired) electrons. The smallest absolute Gasteiger partial charge is 0.239 e. The van der Waals surface area contributed by atoms with Crippen LogP contribution in [0, 0.1) is 6.92 Å². The monoisotopic (exact) mass is 595 g/mol. The fraction of sp³-hybridized carbons (Fsp3) is 0.222. The Bertz CT molecular complexity index is 1810. The number of nitrogens with one attached hydrogen (secondary N) is 1. The van der Waals surface area contributed by atoms with E-state index < -0.39 is 10.0 Å². The van der Waals surface area contributed by atoms with E-state index in [9.17, 15) is 8.42 Å². The first-order valence-corrected chi connectivity index (χ1v) is 14.5. The van der Waals surface area contributed by atoms with E-state index in [1.807, 2.05) is 13.8 Å². The Balaban J connectivity index is 1.70. The van der Waals surface area contributed by atoms with Gasteiger partial charge in [0.15, 0.2) is 28.1 Å². The molecule has 0 amide bonds. The number of ether oxygens (including phenoxy) is 3. The summed E-state index contributed by atoms with van der Waals surface area (Å²) in [5.74, 6) is 1.04. The van der Waals surface area contributed by atoms with E-state index >= 15 is 0 Å². The third kappa shape index (κ3) is 5.86. The van der Waals surface area contributed by atoms with Gasteiger partial charge >= 0.3 is 0 Å². The fourth-order valence-corrected chi connectivity index (χ4v) is 5.40. The molecule has 0 saturated heterocycles. The quantitative estimate of drug-likeness (QED) is 0.243. The van der Waals surface area contributed by atoms with E-state index in [1.165, 1.54) is 14.2 Å². The highest BCUT2D eigenvalue weighted by molar-refractivity contribution is 7.91. The summed E-state index contributed by atoms with van der Waals surface area (Å²) < 4.78 is 47.1. The van der Waals surface area contributed by atoms with Gasteiger partial charge in [-0.05, 0) is 43.7 Å². The number of hydrogen-bond acceptors (Lipinski definition) is 10. The van der Waals surface area contributed by atoms with Gasteiger partial charge in [-0.3, -0.25) is 14.3 Å². The average Bonchev–Trinajstić information content (AvgIpc) is 3.31. The molecule has 4 heterocycles. The number of anilines is 1. The lowest BCUT2D eigenvalue weighted by Gasteiger charge is -2.16. The van der Waals surface area contributed by atoms with Gasteiger partial charge in [-0.25, -0.2) is 28.4 Å². The minimum absolute atomic E-state index is 0.143. The van der Waals surface area contributed by atoms with Crippen molar-refractivity contribution in [1.29, 1.82) is 0 Å². The van der Waals surface area contributed by atoms with Gasteiger partial charge in [0.25, 0.3) is 0 Å². The van der Waals surface area contributed by atoms with E-state index in [0.29, 0.717) is 46.9 Å². The molecule has 14 heteroatoms. The van der Waals surface area contributed by atoms with Crippen LogP contribution in [-0.2, 0) is 15.8 Å². The summed E-state index contributed by atoms with van der Waals surface area (Å²) in [6.45, 7) is 4.15. The van der Waals surface area contributed by atoms with Crippen LogP contribution in [0.2, 0.25) is 5.15 Å². The molecule has 0 atom stereocenters. The summed E-state index contributed by atoms with van der Waals surface area (Å²) in [5.41, 5.74) is 2.49. The van der Waals surface area contributed by atoms with Crippen molar-refractivity contribution in [2.75, 3.05) is 25.5 Å². The number of fused-ring (bicyclic) bond motifs is 1. The lowest BCUT2D eigenvalue weighted by Crippen LogP contribution is -2.17. The Morgan fingerprint density at radius 1 is 0.951 bits per heavy atom. The zero-order valence-electron chi connectivity index (χ0n) is 22.6. The molecule has 4 aromatic heterocycles. The van der Waals surface area contributed by atoms with E-state index in [2.05, 4.69) is 29.6 Å². The molecule has 0 spiro atoms. The number of sulfonamides is 1. The van der Waals surface area contributed by atoms with Crippen LogP contribution < -0.4 is 18.9 Å². The van der Waals surface area contributed by atoms with Crippen LogP contribution in [0.15, 0.2) is 54.7 Å². The number of nitrogens with zero attached hydrogens (tertiary/aromatic N) is 6. The zero-order chi connectivity index (χ0) is 29.1. The minimum Gasteiger partial charge on any atom is -0.494 e. The molecule has 12 nitrogen and oxygen atoms in total. The van der Waals surface area contributed by atoms with Crippen molar-refractivity contribution >= 4 is 38.7 Å². The second kappa shape index (κ2) is 11.6.